The first-order valence-electron chi connectivity index (χ1n) is 5.27. The summed E-state index contributed by atoms with van der Waals surface area (Å²) in [5.41, 5.74) is -0.921. The summed E-state index contributed by atoms with van der Waals surface area (Å²) in [5.74, 6) is -0.941. The number of ether oxygens (including phenoxy) is 2. The number of carbonyl (C=O) groups is 1. The maximum atomic E-state index is 11.8. The van der Waals surface area contributed by atoms with Crippen LogP contribution in [0.15, 0.2) is 21.5 Å². The highest BCUT2D eigenvalue weighted by Crippen LogP contribution is 2.33. The molecule has 0 aromatic heterocycles. The van der Waals surface area contributed by atoms with Crippen molar-refractivity contribution in [2.24, 2.45) is 0 Å². The molecule has 0 bridgehead atoms. The molecule has 0 aliphatic carbocycles. The number of nitro benzene ring substituents is 1. The van der Waals surface area contributed by atoms with Gasteiger partial charge in [0, 0.05) is 29.9 Å². The van der Waals surface area contributed by atoms with Gasteiger partial charge in [-0.05, 0) is 15.9 Å². The monoisotopic (exact) mass is 401 g/mol. The second-order valence-corrected chi connectivity index (χ2v) is 6.96. The van der Waals surface area contributed by atoms with Crippen LogP contribution in [0.1, 0.15) is 10.4 Å². The number of hydrogen-bond acceptors (Lipinski definition) is 7. The van der Waals surface area contributed by atoms with E-state index < -0.39 is 30.5 Å². The molecule has 0 unspecified atom stereocenters. The Labute approximate surface area is 132 Å². The summed E-state index contributed by atoms with van der Waals surface area (Å²) in [6.07, 6.45) is 0. The summed E-state index contributed by atoms with van der Waals surface area (Å²) in [6.45, 7) is 0.0341. The van der Waals surface area contributed by atoms with E-state index in [0.29, 0.717) is 0 Å². The van der Waals surface area contributed by atoms with Crippen molar-refractivity contribution in [1.29, 1.82) is 0 Å². The average Bonchev–Trinajstić information content (AvgIpc) is 2.37. The quantitative estimate of drug-likeness (QED) is 0.235. The molecule has 1 aromatic carbocycles. The zero-order valence-electron chi connectivity index (χ0n) is 10.5. The van der Waals surface area contributed by atoms with Crippen LogP contribution in [0.3, 0.4) is 0 Å². The molecule has 0 amide bonds. The predicted octanol–water partition coefficient (Wildman–Crippen LogP) is 2.09. The largest absolute Gasteiger partial charge is 0.460 e. The Bertz CT molecular complexity index is 676. The van der Waals surface area contributed by atoms with Gasteiger partial charge in [-0.2, -0.15) is 0 Å². The van der Waals surface area contributed by atoms with Crippen LogP contribution in [0.25, 0.3) is 0 Å². The van der Waals surface area contributed by atoms with Gasteiger partial charge in [0.05, 0.1) is 21.6 Å². The number of non-ortho nitro benzene ring substituents is 1. The fraction of sp³-hybridized carbons (Fsp3) is 0.300. The molecule has 0 saturated heterocycles. The van der Waals surface area contributed by atoms with Gasteiger partial charge >= 0.3 is 5.97 Å². The van der Waals surface area contributed by atoms with Crippen molar-refractivity contribution in [1.82, 2.24) is 0 Å². The van der Waals surface area contributed by atoms with E-state index in [2.05, 4.69) is 20.7 Å². The molecule has 8 nitrogen and oxygen atoms in total. The number of nitro groups is 1. The standard InChI is InChI=1S/C10H9BrClNO7S/c1-19-2-3-20-10(14)7-4-6(13(15)16)5-8(9(7)11)21(12,17)18/h4-5H,2-3H2,1H3. The lowest BCUT2D eigenvalue weighted by atomic mass is 10.2. The van der Waals surface area contributed by atoms with Crippen LogP contribution in [0.4, 0.5) is 5.69 Å². The van der Waals surface area contributed by atoms with E-state index in [0.717, 1.165) is 12.1 Å². The molecule has 0 aliphatic rings. The van der Waals surface area contributed by atoms with Gasteiger partial charge in [0.2, 0.25) is 0 Å². The van der Waals surface area contributed by atoms with Crippen molar-refractivity contribution in [3.05, 3.63) is 32.3 Å². The molecule has 11 heteroatoms. The predicted molar refractivity (Wildman–Crippen MR) is 76.0 cm³/mol. The summed E-state index contributed by atoms with van der Waals surface area (Å²) in [7, 11) is 2.31. The van der Waals surface area contributed by atoms with Gasteiger partial charge in [0.25, 0.3) is 14.7 Å². The van der Waals surface area contributed by atoms with Gasteiger partial charge in [-0.15, -0.1) is 0 Å². The smallest absolute Gasteiger partial charge is 0.339 e. The maximum absolute atomic E-state index is 11.8. The van der Waals surface area contributed by atoms with Crippen molar-refractivity contribution in [3.8, 4) is 0 Å². The molecule has 1 aromatic rings. The molecule has 0 heterocycles. The van der Waals surface area contributed by atoms with E-state index in [1.165, 1.54) is 7.11 Å². The van der Waals surface area contributed by atoms with Crippen molar-refractivity contribution in [2.45, 2.75) is 4.90 Å². The minimum absolute atomic E-state index is 0.0899. The lowest BCUT2D eigenvalue weighted by Crippen LogP contribution is -2.12. The summed E-state index contributed by atoms with van der Waals surface area (Å²) in [5, 5.41) is 10.8. The van der Waals surface area contributed by atoms with Crippen molar-refractivity contribution >= 4 is 47.3 Å². The minimum atomic E-state index is -4.28. The van der Waals surface area contributed by atoms with Crippen LogP contribution in [0.2, 0.25) is 0 Å². The van der Waals surface area contributed by atoms with Crippen molar-refractivity contribution in [3.63, 3.8) is 0 Å². The van der Waals surface area contributed by atoms with Gasteiger partial charge in [-0.3, -0.25) is 10.1 Å². The summed E-state index contributed by atoms with van der Waals surface area (Å²) in [4.78, 5) is 21.2. The zero-order chi connectivity index (χ0) is 16.2. The Morgan fingerprint density at radius 2 is 2.05 bits per heavy atom. The van der Waals surface area contributed by atoms with Gasteiger partial charge in [0.1, 0.15) is 11.5 Å². The summed E-state index contributed by atoms with van der Waals surface area (Å²) in [6, 6.07) is 1.64. The van der Waals surface area contributed by atoms with Gasteiger partial charge < -0.3 is 9.47 Å². The fourth-order valence-electron chi connectivity index (χ4n) is 1.31. The maximum Gasteiger partial charge on any atom is 0.339 e. The Morgan fingerprint density at radius 1 is 1.43 bits per heavy atom. The van der Waals surface area contributed by atoms with Gasteiger partial charge in [-0.25, -0.2) is 13.2 Å². The molecule has 0 atom stereocenters. The summed E-state index contributed by atoms with van der Waals surface area (Å²) >= 11 is 2.89. The van der Waals surface area contributed by atoms with E-state index in [1.807, 2.05) is 0 Å². The normalized spacial score (nSPS) is 11.2. The van der Waals surface area contributed by atoms with Crippen LogP contribution in [-0.2, 0) is 18.5 Å². The van der Waals surface area contributed by atoms with E-state index in [1.54, 1.807) is 0 Å². The van der Waals surface area contributed by atoms with Crippen LogP contribution in [0.5, 0.6) is 0 Å². The topological polar surface area (TPSA) is 113 Å². The highest BCUT2D eigenvalue weighted by Gasteiger charge is 2.26. The first-order valence-corrected chi connectivity index (χ1v) is 8.37. The van der Waals surface area contributed by atoms with Gasteiger partial charge in [-0.1, -0.05) is 0 Å². The zero-order valence-corrected chi connectivity index (χ0v) is 13.7. The van der Waals surface area contributed by atoms with E-state index in [9.17, 15) is 23.3 Å². The molecule has 0 radical (unpaired) electrons. The van der Waals surface area contributed by atoms with Crippen LogP contribution in [0, 0.1) is 10.1 Å². The first kappa shape index (κ1) is 17.8. The van der Waals surface area contributed by atoms with Gasteiger partial charge in [0.15, 0.2) is 0 Å². The minimum Gasteiger partial charge on any atom is -0.460 e. The number of benzene rings is 1. The first-order chi connectivity index (χ1) is 9.68. The molecular formula is C10H9BrClNO7S. The lowest BCUT2D eigenvalue weighted by molar-refractivity contribution is -0.385. The van der Waals surface area contributed by atoms with Crippen molar-refractivity contribution in [2.75, 3.05) is 20.3 Å². The molecule has 0 N–H and O–H groups in total. The Kier molecular flexibility index (Phi) is 6.08. The highest BCUT2D eigenvalue weighted by atomic mass is 79.9. The second kappa shape index (κ2) is 7.16. The molecule has 0 saturated carbocycles. The third-order valence-corrected chi connectivity index (χ3v) is 4.70. The summed E-state index contributed by atoms with van der Waals surface area (Å²) < 4.78 is 32.1. The van der Waals surface area contributed by atoms with E-state index in [4.69, 9.17) is 15.4 Å². The average molecular weight is 403 g/mol. The van der Waals surface area contributed by atoms with Crippen LogP contribution in [-0.4, -0.2) is 39.6 Å². The van der Waals surface area contributed by atoms with Crippen LogP contribution < -0.4 is 0 Å². The molecule has 0 fully saturated rings. The third-order valence-electron chi connectivity index (χ3n) is 2.24. The third kappa shape index (κ3) is 4.63. The highest BCUT2D eigenvalue weighted by molar-refractivity contribution is 9.10. The number of halogens is 2. The molecule has 0 spiro atoms. The number of carbonyl (C=O) groups excluding carboxylic acids is 1. The number of esters is 1. The van der Waals surface area contributed by atoms with Crippen molar-refractivity contribution < 1.29 is 27.6 Å². The number of nitrogens with zero attached hydrogens (tertiary/aromatic N) is 1. The second-order valence-electron chi connectivity index (χ2n) is 3.63. The molecule has 0 aliphatic heterocycles. The SMILES string of the molecule is COCCOC(=O)c1cc([N+](=O)[O-])cc(S(=O)(=O)Cl)c1Br. The lowest BCUT2D eigenvalue weighted by Gasteiger charge is -2.08. The number of methoxy groups -OCH3 is 1. The molecule has 21 heavy (non-hydrogen) atoms. The molecular weight excluding hydrogens is 394 g/mol. The Balaban J connectivity index is 3.34. The van der Waals surface area contributed by atoms with Crippen LogP contribution >= 0.6 is 26.6 Å². The van der Waals surface area contributed by atoms with E-state index >= 15 is 0 Å². The fourth-order valence-corrected chi connectivity index (χ4v) is 3.57. The number of hydrogen-bond donors (Lipinski definition) is 0. The Morgan fingerprint density at radius 3 is 2.52 bits per heavy atom. The van der Waals surface area contributed by atoms with E-state index in [-0.39, 0.29) is 23.2 Å². The Hall–Kier alpha value is -1.23. The molecule has 1 rings (SSSR count). The molecule has 116 valence electrons. The number of rotatable bonds is 6.